The van der Waals surface area contributed by atoms with Crippen molar-refractivity contribution in [1.29, 1.82) is 0 Å². The minimum atomic E-state index is -0.315. The van der Waals surface area contributed by atoms with Crippen LogP contribution in [0.15, 0.2) is 48.7 Å². The van der Waals surface area contributed by atoms with E-state index in [-0.39, 0.29) is 17.2 Å². The lowest BCUT2D eigenvalue weighted by Gasteiger charge is -2.08. The molecule has 21 heavy (non-hydrogen) atoms. The second-order valence-electron chi connectivity index (χ2n) is 4.50. The van der Waals surface area contributed by atoms with Crippen molar-refractivity contribution in [3.05, 3.63) is 60.0 Å². The first-order chi connectivity index (χ1) is 10.2. The summed E-state index contributed by atoms with van der Waals surface area (Å²) in [5.41, 5.74) is 7.67. The summed E-state index contributed by atoms with van der Waals surface area (Å²) in [6.07, 6.45) is 1.54. The number of nitrogen functional groups attached to an aromatic ring is 1. The number of nitrogens with zero attached hydrogens (tertiary/aromatic N) is 2. The molecule has 0 aliphatic rings. The molecular formula is C16H13N3O2. The van der Waals surface area contributed by atoms with E-state index >= 15 is 0 Å². The number of aromatic nitrogens is 2. The first kappa shape index (κ1) is 13.1. The van der Waals surface area contributed by atoms with Gasteiger partial charge in [-0.1, -0.05) is 18.2 Å². The predicted octanol–water partition coefficient (Wildman–Crippen LogP) is 2.45. The number of hydrogen-bond donors (Lipinski definition) is 1. The van der Waals surface area contributed by atoms with Gasteiger partial charge in [0.1, 0.15) is 11.4 Å². The third-order valence-corrected chi connectivity index (χ3v) is 3.19. The van der Waals surface area contributed by atoms with E-state index in [1.54, 1.807) is 24.4 Å². The molecule has 5 heteroatoms. The molecule has 0 radical (unpaired) electrons. The number of hydrogen-bond acceptors (Lipinski definition) is 5. The molecule has 0 spiro atoms. The number of anilines is 1. The number of nitrogens with two attached hydrogens (primary N) is 1. The number of carbonyl (C=O) groups is 1. The smallest absolute Gasteiger partial charge is 0.233 e. The Hall–Kier alpha value is -2.95. The van der Waals surface area contributed by atoms with Crippen molar-refractivity contribution < 1.29 is 9.53 Å². The molecule has 0 bridgehead atoms. The van der Waals surface area contributed by atoms with Gasteiger partial charge in [-0.25, -0.2) is 9.97 Å². The summed E-state index contributed by atoms with van der Waals surface area (Å²) in [4.78, 5) is 21.0. The van der Waals surface area contributed by atoms with E-state index in [0.717, 1.165) is 5.39 Å². The average Bonchev–Trinajstić information content (AvgIpc) is 2.54. The SMILES string of the molecule is COc1cccnc1C(=O)c1cc(N)c2ccccc2n1. The Morgan fingerprint density at radius 1 is 1.19 bits per heavy atom. The Kier molecular flexibility index (Phi) is 3.23. The normalized spacial score (nSPS) is 10.5. The van der Waals surface area contributed by atoms with Crippen LogP contribution in [0.2, 0.25) is 0 Å². The summed E-state index contributed by atoms with van der Waals surface area (Å²) in [5.74, 6) is 0.0981. The van der Waals surface area contributed by atoms with Gasteiger partial charge in [0.15, 0.2) is 5.69 Å². The third-order valence-electron chi connectivity index (χ3n) is 3.19. The minimum Gasteiger partial charge on any atom is -0.494 e. The van der Waals surface area contributed by atoms with Crippen molar-refractivity contribution in [1.82, 2.24) is 9.97 Å². The van der Waals surface area contributed by atoms with Crippen molar-refractivity contribution in [2.24, 2.45) is 0 Å². The Morgan fingerprint density at radius 3 is 2.81 bits per heavy atom. The molecule has 0 fully saturated rings. The van der Waals surface area contributed by atoms with Gasteiger partial charge >= 0.3 is 0 Å². The largest absolute Gasteiger partial charge is 0.494 e. The maximum Gasteiger partial charge on any atom is 0.233 e. The second-order valence-corrected chi connectivity index (χ2v) is 4.50. The highest BCUT2D eigenvalue weighted by Gasteiger charge is 2.18. The van der Waals surface area contributed by atoms with Crippen LogP contribution in [0.5, 0.6) is 5.75 Å². The Bertz CT molecular complexity index is 831. The van der Waals surface area contributed by atoms with Crippen LogP contribution in [-0.2, 0) is 0 Å². The summed E-state index contributed by atoms with van der Waals surface area (Å²) >= 11 is 0. The first-order valence-corrected chi connectivity index (χ1v) is 6.39. The maximum absolute atomic E-state index is 12.6. The van der Waals surface area contributed by atoms with E-state index in [0.29, 0.717) is 17.0 Å². The van der Waals surface area contributed by atoms with Crippen LogP contribution < -0.4 is 10.5 Å². The molecule has 2 aromatic heterocycles. The summed E-state index contributed by atoms with van der Waals surface area (Å²) in [5, 5.41) is 0.821. The summed E-state index contributed by atoms with van der Waals surface area (Å²) in [7, 11) is 1.50. The zero-order valence-corrected chi connectivity index (χ0v) is 11.4. The van der Waals surface area contributed by atoms with Gasteiger partial charge in [0.2, 0.25) is 5.78 Å². The van der Waals surface area contributed by atoms with Crippen LogP contribution in [0.25, 0.3) is 10.9 Å². The van der Waals surface area contributed by atoms with Crippen molar-refractivity contribution >= 4 is 22.4 Å². The zero-order valence-electron chi connectivity index (χ0n) is 11.4. The lowest BCUT2D eigenvalue weighted by Crippen LogP contribution is -2.09. The highest BCUT2D eigenvalue weighted by atomic mass is 16.5. The van der Waals surface area contributed by atoms with Crippen LogP contribution >= 0.6 is 0 Å². The molecule has 3 rings (SSSR count). The molecule has 0 aliphatic carbocycles. The van der Waals surface area contributed by atoms with E-state index in [1.165, 1.54) is 7.11 Å². The monoisotopic (exact) mass is 279 g/mol. The van der Waals surface area contributed by atoms with E-state index in [2.05, 4.69) is 9.97 Å². The molecule has 0 amide bonds. The standard InChI is InChI=1S/C16H13N3O2/c1-21-14-7-4-8-18-15(14)16(20)13-9-11(17)10-5-2-3-6-12(10)19-13/h2-9H,1H3,(H2,17,19). The van der Waals surface area contributed by atoms with Crippen molar-refractivity contribution in [3.8, 4) is 5.75 Å². The van der Waals surface area contributed by atoms with E-state index < -0.39 is 0 Å². The highest BCUT2D eigenvalue weighted by Crippen LogP contribution is 2.23. The van der Waals surface area contributed by atoms with Gasteiger partial charge < -0.3 is 10.5 Å². The molecule has 3 aromatic rings. The Labute approximate surface area is 121 Å². The van der Waals surface area contributed by atoms with Gasteiger partial charge in [-0.05, 0) is 24.3 Å². The topological polar surface area (TPSA) is 78.1 Å². The van der Waals surface area contributed by atoms with Crippen molar-refractivity contribution in [2.45, 2.75) is 0 Å². The average molecular weight is 279 g/mol. The number of pyridine rings is 2. The first-order valence-electron chi connectivity index (χ1n) is 6.39. The molecule has 0 atom stereocenters. The minimum absolute atomic E-state index is 0.224. The molecule has 0 unspecified atom stereocenters. The van der Waals surface area contributed by atoms with Crippen LogP contribution in [0, 0.1) is 0 Å². The number of ether oxygens (including phenoxy) is 1. The number of rotatable bonds is 3. The van der Waals surface area contributed by atoms with Crippen LogP contribution in [-0.4, -0.2) is 22.9 Å². The quantitative estimate of drug-likeness (QED) is 0.745. The Morgan fingerprint density at radius 2 is 2.00 bits per heavy atom. The molecule has 0 saturated carbocycles. The third kappa shape index (κ3) is 2.29. The molecule has 104 valence electrons. The zero-order chi connectivity index (χ0) is 14.8. The number of para-hydroxylation sites is 1. The molecule has 0 saturated heterocycles. The van der Waals surface area contributed by atoms with Crippen molar-refractivity contribution in [3.63, 3.8) is 0 Å². The van der Waals surface area contributed by atoms with Gasteiger partial charge in [-0.2, -0.15) is 0 Å². The molecule has 1 aromatic carbocycles. The molecule has 2 heterocycles. The summed E-state index contributed by atoms with van der Waals surface area (Å²) in [6, 6.07) is 12.4. The van der Waals surface area contributed by atoms with E-state index in [9.17, 15) is 4.79 Å². The number of fused-ring (bicyclic) bond motifs is 1. The van der Waals surface area contributed by atoms with E-state index in [4.69, 9.17) is 10.5 Å². The number of ketones is 1. The van der Waals surface area contributed by atoms with Crippen LogP contribution in [0.4, 0.5) is 5.69 Å². The highest BCUT2D eigenvalue weighted by molar-refractivity contribution is 6.10. The summed E-state index contributed by atoms with van der Waals surface area (Å²) in [6.45, 7) is 0. The Balaban J connectivity index is 2.14. The number of methoxy groups -OCH3 is 1. The fourth-order valence-electron chi connectivity index (χ4n) is 2.17. The van der Waals surface area contributed by atoms with Crippen molar-refractivity contribution in [2.75, 3.05) is 12.8 Å². The fourth-order valence-corrected chi connectivity index (χ4v) is 2.17. The molecular weight excluding hydrogens is 266 g/mol. The summed E-state index contributed by atoms with van der Waals surface area (Å²) < 4.78 is 5.16. The number of carbonyl (C=O) groups excluding carboxylic acids is 1. The molecule has 2 N–H and O–H groups in total. The van der Waals surface area contributed by atoms with Gasteiger partial charge in [-0.15, -0.1) is 0 Å². The predicted molar refractivity (Wildman–Crippen MR) is 80.4 cm³/mol. The fraction of sp³-hybridized carbons (Fsp3) is 0.0625. The molecule has 0 aliphatic heterocycles. The number of benzene rings is 1. The van der Waals surface area contributed by atoms with Crippen LogP contribution in [0.1, 0.15) is 16.2 Å². The second kappa shape index (κ2) is 5.20. The van der Waals surface area contributed by atoms with Gasteiger partial charge in [-0.3, -0.25) is 4.79 Å². The maximum atomic E-state index is 12.6. The van der Waals surface area contributed by atoms with Crippen LogP contribution in [0.3, 0.4) is 0 Å². The lowest BCUT2D eigenvalue weighted by molar-refractivity contribution is 0.102. The van der Waals surface area contributed by atoms with Gasteiger partial charge in [0, 0.05) is 17.3 Å². The lowest BCUT2D eigenvalue weighted by atomic mass is 10.1. The molecule has 5 nitrogen and oxygen atoms in total. The van der Waals surface area contributed by atoms with E-state index in [1.807, 2.05) is 24.3 Å². The van der Waals surface area contributed by atoms with Gasteiger partial charge in [0.05, 0.1) is 12.6 Å². The van der Waals surface area contributed by atoms with Gasteiger partial charge in [0.25, 0.3) is 0 Å².